The van der Waals surface area contributed by atoms with Crippen LogP contribution in [0.5, 0.6) is 0 Å². The fraction of sp³-hybridized carbons (Fsp3) is 0.900. The smallest absolute Gasteiger partial charge is 0.166 e. The zero-order valence-corrected chi connectivity index (χ0v) is 8.79. The van der Waals surface area contributed by atoms with E-state index in [1.54, 1.807) is 6.92 Å². The highest BCUT2D eigenvalue weighted by Crippen LogP contribution is 2.31. The molecule has 1 aliphatic heterocycles. The minimum absolute atomic E-state index is 0.122. The number of ketones is 1. The van der Waals surface area contributed by atoms with Crippen LogP contribution < -0.4 is 0 Å². The fourth-order valence-electron chi connectivity index (χ4n) is 1.53. The molecule has 0 radical (unpaired) electrons. The molecule has 0 amide bonds. The first-order chi connectivity index (χ1) is 5.93. The van der Waals surface area contributed by atoms with Crippen molar-refractivity contribution in [3.8, 4) is 0 Å². The monoisotopic (exact) mass is 186 g/mol. The number of carbonyl (C=O) groups excluding carboxylic acids is 1. The second-order valence-corrected chi connectivity index (χ2v) is 3.98. The molecule has 0 N–H and O–H groups in total. The average Bonchev–Trinajstić information content (AvgIpc) is 2.24. The molecule has 13 heavy (non-hydrogen) atoms. The lowest BCUT2D eigenvalue weighted by Crippen LogP contribution is -2.27. The molecule has 0 spiro atoms. The fourth-order valence-corrected chi connectivity index (χ4v) is 1.53. The van der Waals surface area contributed by atoms with E-state index in [-0.39, 0.29) is 18.0 Å². The van der Waals surface area contributed by atoms with Gasteiger partial charge in [-0.15, -0.1) is 0 Å². The van der Waals surface area contributed by atoms with E-state index in [0.717, 1.165) is 0 Å². The van der Waals surface area contributed by atoms with Crippen molar-refractivity contribution < 1.29 is 14.3 Å². The topological polar surface area (TPSA) is 35.5 Å². The van der Waals surface area contributed by atoms with Gasteiger partial charge in [0, 0.05) is 12.8 Å². The van der Waals surface area contributed by atoms with Gasteiger partial charge in [0.15, 0.2) is 5.79 Å². The molecule has 2 atom stereocenters. The summed E-state index contributed by atoms with van der Waals surface area (Å²) < 4.78 is 11.3. The molecule has 0 aromatic rings. The molecule has 0 aromatic carbocycles. The highest BCUT2D eigenvalue weighted by molar-refractivity contribution is 5.75. The van der Waals surface area contributed by atoms with Crippen molar-refractivity contribution in [2.45, 2.75) is 58.5 Å². The van der Waals surface area contributed by atoms with Crippen molar-refractivity contribution in [1.82, 2.24) is 0 Å². The molecule has 3 heteroatoms. The van der Waals surface area contributed by atoms with Crippen LogP contribution in [0.2, 0.25) is 0 Å². The maximum atomic E-state index is 10.8. The van der Waals surface area contributed by atoms with Crippen LogP contribution in [0.25, 0.3) is 0 Å². The first-order valence-electron chi connectivity index (χ1n) is 4.78. The Kier molecular flexibility index (Phi) is 3.09. The van der Waals surface area contributed by atoms with Crippen LogP contribution >= 0.6 is 0 Å². The van der Waals surface area contributed by atoms with Crippen molar-refractivity contribution >= 4 is 5.78 Å². The Morgan fingerprint density at radius 1 is 1.31 bits per heavy atom. The second kappa shape index (κ2) is 3.76. The summed E-state index contributed by atoms with van der Waals surface area (Å²) in [5.74, 6) is -0.370. The predicted octanol–water partition coefficient (Wildman–Crippen LogP) is 1.90. The van der Waals surface area contributed by atoms with E-state index < -0.39 is 5.79 Å². The third-order valence-corrected chi connectivity index (χ3v) is 2.46. The molecule has 1 rings (SSSR count). The summed E-state index contributed by atoms with van der Waals surface area (Å²) in [5.41, 5.74) is 0. The zero-order valence-electron chi connectivity index (χ0n) is 8.79. The summed E-state index contributed by atoms with van der Waals surface area (Å²) in [6.45, 7) is 7.47. The van der Waals surface area contributed by atoms with Gasteiger partial charge >= 0.3 is 0 Å². The Labute approximate surface area is 79.4 Å². The summed E-state index contributed by atoms with van der Waals surface area (Å²) in [6.07, 6.45) is 1.42. The molecule has 0 bridgehead atoms. The van der Waals surface area contributed by atoms with E-state index in [4.69, 9.17) is 9.47 Å². The molecule has 1 aliphatic rings. The molecular formula is C10H18O3. The van der Waals surface area contributed by atoms with Crippen molar-refractivity contribution in [3.63, 3.8) is 0 Å². The summed E-state index contributed by atoms with van der Waals surface area (Å²) in [4.78, 5) is 10.8. The van der Waals surface area contributed by atoms with Crippen molar-refractivity contribution in [2.75, 3.05) is 0 Å². The minimum Gasteiger partial charge on any atom is -0.345 e. The number of ether oxygens (including phenoxy) is 2. The van der Waals surface area contributed by atoms with Crippen molar-refractivity contribution in [2.24, 2.45) is 0 Å². The van der Waals surface area contributed by atoms with E-state index in [9.17, 15) is 4.79 Å². The maximum absolute atomic E-state index is 10.8. The molecule has 0 saturated carbocycles. The van der Waals surface area contributed by atoms with E-state index in [2.05, 4.69) is 0 Å². The van der Waals surface area contributed by atoms with Gasteiger partial charge in [-0.3, -0.25) is 0 Å². The molecule has 1 fully saturated rings. The standard InChI is InChI=1S/C10H18O3/c1-7(11)5-6-10(4)12-8(2)9(3)13-10/h8-9H,5-6H2,1-4H3. The molecule has 0 aliphatic carbocycles. The number of carbonyl (C=O) groups is 1. The number of rotatable bonds is 3. The van der Waals surface area contributed by atoms with Crippen LogP contribution in [0.15, 0.2) is 0 Å². The Hall–Kier alpha value is -0.410. The Morgan fingerprint density at radius 3 is 2.15 bits per heavy atom. The van der Waals surface area contributed by atoms with Crippen LogP contribution in [0.1, 0.15) is 40.5 Å². The van der Waals surface area contributed by atoms with Gasteiger partial charge in [0.1, 0.15) is 5.78 Å². The molecular weight excluding hydrogens is 168 g/mol. The molecule has 76 valence electrons. The zero-order chi connectivity index (χ0) is 10.1. The third-order valence-electron chi connectivity index (χ3n) is 2.46. The van der Waals surface area contributed by atoms with E-state index in [1.165, 1.54) is 0 Å². The summed E-state index contributed by atoms with van der Waals surface area (Å²) in [5, 5.41) is 0. The van der Waals surface area contributed by atoms with Gasteiger partial charge < -0.3 is 14.3 Å². The van der Waals surface area contributed by atoms with E-state index in [1.807, 2.05) is 20.8 Å². The second-order valence-electron chi connectivity index (χ2n) is 3.98. The van der Waals surface area contributed by atoms with Gasteiger partial charge in [-0.2, -0.15) is 0 Å². The normalized spacial score (nSPS) is 39.4. The maximum Gasteiger partial charge on any atom is 0.166 e. The van der Waals surface area contributed by atoms with Gasteiger partial charge in [-0.05, 0) is 27.7 Å². The van der Waals surface area contributed by atoms with Gasteiger partial charge in [0.2, 0.25) is 0 Å². The van der Waals surface area contributed by atoms with Gasteiger partial charge in [0.25, 0.3) is 0 Å². The first-order valence-corrected chi connectivity index (χ1v) is 4.78. The quantitative estimate of drug-likeness (QED) is 0.675. The molecule has 0 aromatic heterocycles. The lowest BCUT2D eigenvalue weighted by atomic mass is 10.1. The first kappa shape index (κ1) is 10.7. The number of hydrogen-bond acceptors (Lipinski definition) is 3. The molecule has 1 saturated heterocycles. The average molecular weight is 186 g/mol. The lowest BCUT2D eigenvalue weighted by Gasteiger charge is -2.22. The van der Waals surface area contributed by atoms with E-state index >= 15 is 0 Å². The van der Waals surface area contributed by atoms with Gasteiger partial charge in [-0.25, -0.2) is 0 Å². The van der Waals surface area contributed by atoms with E-state index in [0.29, 0.717) is 12.8 Å². The molecule has 3 nitrogen and oxygen atoms in total. The molecule has 2 unspecified atom stereocenters. The number of hydrogen-bond donors (Lipinski definition) is 0. The van der Waals surface area contributed by atoms with Gasteiger partial charge in [-0.1, -0.05) is 0 Å². The highest BCUT2D eigenvalue weighted by Gasteiger charge is 2.39. The Morgan fingerprint density at radius 2 is 1.77 bits per heavy atom. The summed E-state index contributed by atoms with van der Waals surface area (Å²) in [6, 6.07) is 0. The van der Waals surface area contributed by atoms with Crippen molar-refractivity contribution in [1.29, 1.82) is 0 Å². The largest absolute Gasteiger partial charge is 0.345 e. The SMILES string of the molecule is CC(=O)CCC1(C)OC(C)C(C)O1. The predicted molar refractivity (Wildman–Crippen MR) is 49.4 cm³/mol. The molecule has 1 heterocycles. The highest BCUT2D eigenvalue weighted by atomic mass is 16.7. The Bertz CT molecular complexity index is 190. The Balaban J connectivity index is 2.44. The van der Waals surface area contributed by atoms with Crippen LogP contribution in [0.4, 0.5) is 0 Å². The van der Waals surface area contributed by atoms with Crippen molar-refractivity contribution in [3.05, 3.63) is 0 Å². The van der Waals surface area contributed by atoms with Crippen LogP contribution in [-0.2, 0) is 14.3 Å². The van der Waals surface area contributed by atoms with Crippen LogP contribution in [-0.4, -0.2) is 23.8 Å². The van der Waals surface area contributed by atoms with Crippen LogP contribution in [0, 0.1) is 0 Å². The summed E-state index contributed by atoms with van der Waals surface area (Å²) in [7, 11) is 0. The lowest BCUT2D eigenvalue weighted by molar-refractivity contribution is -0.165. The summed E-state index contributed by atoms with van der Waals surface area (Å²) >= 11 is 0. The third kappa shape index (κ3) is 2.78. The van der Waals surface area contributed by atoms with Gasteiger partial charge in [0.05, 0.1) is 12.2 Å². The van der Waals surface area contributed by atoms with Crippen LogP contribution in [0.3, 0.4) is 0 Å². The minimum atomic E-state index is -0.551. The number of Topliss-reactive ketones (excluding diaryl/α,β-unsaturated/α-hetero) is 1.